The van der Waals surface area contributed by atoms with Crippen LogP contribution in [0.1, 0.15) is 12.8 Å². The topological polar surface area (TPSA) is 104 Å². The van der Waals surface area contributed by atoms with E-state index in [1.54, 1.807) is 0 Å². The molecule has 1 fully saturated rings. The monoisotopic (exact) mass is 264 g/mol. The van der Waals surface area contributed by atoms with Gasteiger partial charge in [-0.25, -0.2) is 13.2 Å². The van der Waals surface area contributed by atoms with Crippen molar-refractivity contribution in [2.45, 2.75) is 18.1 Å². The van der Waals surface area contributed by atoms with Crippen molar-refractivity contribution in [1.82, 2.24) is 10.2 Å². The zero-order chi connectivity index (χ0) is 13.1. The summed E-state index contributed by atoms with van der Waals surface area (Å²) in [7, 11) is -1.74. The first kappa shape index (κ1) is 13.8. The molecule has 1 heterocycles. The van der Waals surface area contributed by atoms with Gasteiger partial charge >= 0.3 is 12.0 Å². The molecule has 0 bridgehead atoms. The van der Waals surface area contributed by atoms with E-state index in [0.29, 0.717) is 12.8 Å². The molecular formula is C9H16N2O5S. The number of sulfone groups is 1. The van der Waals surface area contributed by atoms with Gasteiger partial charge in [-0.1, -0.05) is 0 Å². The van der Waals surface area contributed by atoms with Crippen molar-refractivity contribution < 1.29 is 23.1 Å². The van der Waals surface area contributed by atoms with Crippen molar-refractivity contribution in [3.8, 4) is 0 Å². The van der Waals surface area contributed by atoms with Crippen molar-refractivity contribution >= 4 is 21.8 Å². The number of hydrogen-bond acceptors (Lipinski definition) is 4. The quantitative estimate of drug-likeness (QED) is 0.698. The number of aliphatic carboxylic acids is 1. The lowest BCUT2D eigenvalue weighted by atomic mass is 10.2. The number of carboxylic acid groups (broad SMARTS) is 1. The van der Waals surface area contributed by atoms with Crippen LogP contribution in [-0.4, -0.2) is 61.6 Å². The highest BCUT2D eigenvalue weighted by Gasteiger charge is 2.31. The first-order valence-corrected chi connectivity index (χ1v) is 6.97. The molecule has 17 heavy (non-hydrogen) atoms. The van der Waals surface area contributed by atoms with Gasteiger partial charge in [0.05, 0.1) is 11.0 Å². The Morgan fingerprint density at radius 3 is 2.59 bits per heavy atom. The molecule has 1 unspecified atom stereocenters. The molecule has 1 atom stereocenters. The summed E-state index contributed by atoms with van der Waals surface area (Å²) in [6.45, 7) is -0.367. The SMILES string of the molecule is CN(CC(=O)O)C(=O)NCC1CCCS1(=O)=O. The van der Waals surface area contributed by atoms with E-state index in [0.717, 1.165) is 4.90 Å². The van der Waals surface area contributed by atoms with Gasteiger partial charge in [0, 0.05) is 13.6 Å². The standard InChI is InChI=1S/C9H16N2O5S/c1-11(6-8(12)13)9(14)10-5-7-3-2-4-17(7,15)16/h7H,2-6H2,1H3,(H,10,14)(H,12,13). The molecule has 2 N–H and O–H groups in total. The minimum absolute atomic E-state index is 0.0468. The molecule has 0 radical (unpaired) electrons. The van der Waals surface area contributed by atoms with Gasteiger partial charge in [-0.15, -0.1) is 0 Å². The summed E-state index contributed by atoms with van der Waals surface area (Å²) in [4.78, 5) is 22.8. The van der Waals surface area contributed by atoms with Gasteiger partial charge in [0.15, 0.2) is 9.84 Å². The van der Waals surface area contributed by atoms with Crippen LogP contribution in [0.15, 0.2) is 0 Å². The fraction of sp³-hybridized carbons (Fsp3) is 0.778. The third-order valence-corrected chi connectivity index (χ3v) is 4.94. The van der Waals surface area contributed by atoms with Crippen LogP contribution in [0.25, 0.3) is 0 Å². The predicted octanol–water partition coefficient (Wildman–Crippen LogP) is -0.710. The number of likely N-dealkylation sites (N-methyl/N-ethyl adjacent to an activating group) is 1. The van der Waals surface area contributed by atoms with Crippen LogP contribution in [0.4, 0.5) is 4.79 Å². The summed E-state index contributed by atoms with van der Waals surface area (Å²) in [5.74, 6) is -0.950. The number of carboxylic acids is 1. The molecule has 7 nitrogen and oxygen atoms in total. The van der Waals surface area contributed by atoms with Crippen molar-refractivity contribution in [3.05, 3.63) is 0 Å². The maximum absolute atomic E-state index is 11.5. The third-order valence-electron chi connectivity index (χ3n) is 2.66. The summed E-state index contributed by atoms with van der Waals surface area (Å²) in [5, 5.41) is 10.4. The number of carbonyl (C=O) groups excluding carboxylic acids is 1. The van der Waals surface area contributed by atoms with Crippen molar-refractivity contribution in [2.75, 3.05) is 25.9 Å². The molecule has 0 saturated carbocycles. The fourth-order valence-electron chi connectivity index (χ4n) is 1.70. The molecule has 0 aliphatic carbocycles. The number of nitrogens with zero attached hydrogens (tertiary/aromatic N) is 1. The van der Waals surface area contributed by atoms with E-state index in [-0.39, 0.29) is 12.3 Å². The lowest BCUT2D eigenvalue weighted by Crippen LogP contribution is -2.43. The number of amides is 2. The molecule has 98 valence electrons. The minimum Gasteiger partial charge on any atom is -0.480 e. The van der Waals surface area contributed by atoms with Gasteiger partial charge in [-0.05, 0) is 12.8 Å². The second-order valence-corrected chi connectivity index (χ2v) is 6.47. The second-order valence-electron chi connectivity index (χ2n) is 4.07. The van der Waals surface area contributed by atoms with Gasteiger partial charge in [-0.2, -0.15) is 0 Å². The lowest BCUT2D eigenvalue weighted by molar-refractivity contribution is -0.137. The summed E-state index contributed by atoms with van der Waals surface area (Å²) < 4.78 is 22.9. The van der Waals surface area contributed by atoms with E-state index in [4.69, 9.17) is 5.11 Å². The highest BCUT2D eigenvalue weighted by atomic mass is 32.2. The van der Waals surface area contributed by atoms with Crippen LogP contribution in [0, 0.1) is 0 Å². The summed E-state index contributed by atoms with van der Waals surface area (Å²) in [5.41, 5.74) is 0. The Balaban J connectivity index is 2.41. The van der Waals surface area contributed by atoms with Gasteiger partial charge in [0.25, 0.3) is 0 Å². The van der Waals surface area contributed by atoms with E-state index in [2.05, 4.69) is 5.32 Å². The van der Waals surface area contributed by atoms with E-state index < -0.39 is 33.6 Å². The summed E-state index contributed by atoms with van der Waals surface area (Å²) in [6, 6.07) is -0.575. The van der Waals surface area contributed by atoms with Crippen LogP contribution < -0.4 is 5.32 Å². The van der Waals surface area contributed by atoms with Gasteiger partial charge < -0.3 is 15.3 Å². The molecule has 0 aromatic carbocycles. The minimum atomic E-state index is -3.08. The Kier molecular flexibility index (Phi) is 4.33. The molecule has 0 aromatic heterocycles. The Hall–Kier alpha value is -1.31. The van der Waals surface area contributed by atoms with Gasteiger partial charge in [-0.3, -0.25) is 4.79 Å². The van der Waals surface area contributed by atoms with Crippen molar-refractivity contribution in [2.24, 2.45) is 0 Å². The molecule has 0 spiro atoms. The van der Waals surface area contributed by atoms with E-state index in [1.165, 1.54) is 7.05 Å². The number of nitrogens with one attached hydrogen (secondary N) is 1. The number of rotatable bonds is 4. The Morgan fingerprint density at radius 2 is 2.12 bits per heavy atom. The highest BCUT2D eigenvalue weighted by Crippen LogP contribution is 2.18. The molecule has 1 aliphatic heterocycles. The summed E-state index contributed by atoms with van der Waals surface area (Å²) >= 11 is 0. The van der Waals surface area contributed by atoms with Crippen LogP contribution >= 0.6 is 0 Å². The van der Waals surface area contributed by atoms with Crippen LogP contribution in [0.2, 0.25) is 0 Å². The Morgan fingerprint density at radius 1 is 1.47 bits per heavy atom. The average Bonchev–Trinajstić information content (AvgIpc) is 2.53. The highest BCUT2D eigenvalue weighted by molar-refractivity contribution is 7.92. The zero-order valence-corrected chi connectivity index (χ0v) is 10.4. The molecule has 1 saturated heterocycles. The molecule has 2 amide bonds. The summed E-state index contributed by atoms with van der Waals surface area (Å²) in [6.07, 6.45) is 1.17. The van der Waals surface area contributed by atoms with Crippen molar-refractivity contribution in [3.63, 3.8) is 0 Å². The average molecular weight is 264 g/mol. The molecule has 0 aromatic rings. The maximum atomic E-state index is 11.5. The maximum Gasteiger partial charge on any atom is 0.323 e. The number of urea groups is 1. The number of hydrogen-bond donors (Lipinski definition) is 2. The van der Waals surface area contributed by atoms with E-state index >= 15 is 0 Å². The Bertz CT molecular complexity index is 406. The molecule has 8 heteroatoms. The van der Waals surface area contributed by atoms with E-state index in [1.807, 2.05) is 0 Å². The molecular weight excluding hydrogens is 248 g/mol. The Labute approximate surface area is 99.7 Å². The van der Waals surface area contributed by atoms with Crippen LogP contribution in [0.5, 0.6) is 0 Å². The third kappa shape index (κ3) is 3.88. The van der Waals surface area contributed by atoms with Crippen LogP contribution in [0.3, 0.4) is 0 Å². The van der Waals surface area contributed by atoms with Gasteiger partial charge in [0.1, 0.15) is 6.54 Å². The molecule has 1 rings (SSSR count). The first-order valence-electron chi connectivity index (χ1n) is 5.25. The second kappa shape index (κ2) is 5.35. The largest absolute Gasteiger partial charge is 0.480 e. The smallest absolute Gasteiger partial charge is 0.323 e. The number of carbonyl (C=O) groups is 2. The predicted molar refractivity (Wildman–Crippen MR) is 60.5 cm³/mol. The molecule has 1 aliphatic rings. The normalized spacial score (nSPS) is 22.1. The van der Waals surface area contributed by atoms with Crippen LogP contribution in [-0.2, 0) is 14.6 Å². The lowest BCUT2D eigenvalue weighted by Gasteiger charge is -2.17. The van der Waals surface area contributed by atoms with Crippen molar-refractivity contribution in [1.29, 1.82) is 0 Å². The zero-order valence-electron chi connectivity index (χ0n) is 9.55. The van der Waals surface area contributed by atoms with E-state index in [9.17, 15) is 18.0 Å². The fourth-order valence-corrected chi connectivity index (χ4v) is 3.46. The first-order chi connectivity index (χ1) is 7.83. The van der Waals surface area contributed by atoms with Gasteiger partial charge in [0.2, 0.25) is 0 Å².